The summed E-state index contributed by atoms with van der Waals surface area (Å²) in [6, 6.07) is 0. The maximum absolute atomic E-state index is 6.13. The van der Waals surface area contributed by atoms with E-state index in [1.807, 2.05) is 0 Å². The Morgan fingerprint density at radius 3 is 2.37 bits per heavy atom. The quantitative estimate of drug-likeness (QED) is 0.644. The molecule has 3 rings (SSSR count). The van der Waals surface area contributed by atoms with Gasteiger partial charge < -0.3 is 4.74 Å². The summed E-state index contributed by atoms with van der Waals surface area (Å²) >= 11 is 0. The molecule has 5 unspecified atom stereocenters. The van der Waals surface area contributed by atoms with Crippen molar-refractivity contribution < 1.29 is 4.74 Å². The van der Waals surface area contributed by atoms with Gasteiger partial charge in [0.1, 0.15) is 6.10 Å². The summed E-state index contributed by atoms with van der Waals surface area (Å²) in [7, 11) is 0. The van der Waals surface area contributed by atoms with Crippen LogP contribution in [-0.2, 0) is 4.74 Å². The van der Waals surface area contributed by atoms with Crippen molar-refractivity contribution in [1.29, 1.82) is 0 Å². The minimum absolute atomic E-state index is 0.281. The van der Waals surface area contributed by atoms with Crippen molar-refractivity contribution in [3.63, 3.8) is 0 Å². The number of hydrogen-bond acceptors (Lipinski definition) is 1. The molecule has 0 amide bonds. The molecule has 0 radical (unpaired) electrons. The van der Waals surface area contributed by atoms with Gasteiger partial charge >= 0.3 is 0 Å². The fourth-order valence-corrected chi connectivity index (χ4v) is 4.98. The molecule has 0 N–H and O–H groups in total. The van der Waals surface area contributed by atoms with E-state index in [0.29, 0.717) is 11.5 Å². The number of ether oxygens (including phenoxy) is 1. The molecule has 0 spiro atoms. The van der Waals surface area contributed by atoms with E-state index in [0.717, 1.165) is 23.7 Å². The van der Waals surface area contributed by atoms with Crippen molar-refractivity contribution >= 4 is 0 Å². The number of fused-ring (bicyclic) bond motifs is 5. The molecule has 19 heavy (non-hydrogen) atoms. The molecule has 1 heterocycles. The molecule has 0 saturated heterocycles. The molecule has 2 saturated carbocycles. The Bertz CT molecular complexity index is 393. The average molecular weight is 262 g/mol. The topological polar surface area (TPSA) is 9.23 Å². The van der Waals surface area contributed by atoms with Crippen molar-refractivity contribution in [2.45, 2.75) is 66.9 Å². The van der Waals surface area contributed by atoms with Crippen LogP contribution in [0.3, 0.4) is 0 Å². The Hall–Kier alpha value is -0.460. The van der Waals surface area contributed by atoms with E-state index < -0.39 is 0 Å². The molecular weight excluding hydrogens is 232 g/mol. The largest absolute Gasteiger partial charge is 0.497 e. The van der Waals surface area contributed by atoms with E-state index in [4.69, 9.17) is 4.74 Å². The van der Waals surface area contributed by atoms with Crippen LogP contribution in [0.25, 0.3) is 0 Å². The third-order valence-electron chi connectivity index (χ3n) is 5.52. The van der Waals surface area contributed by atoms with Crippen molar-refractivity contribution in [2.75, 3.05) is 0 Å². The van der Waals surface area contributed by atoms with E-state index in [1.165, 1.54) is 19.3 Å². The fraction of sp³-hybridized carbons (Fsp3) is 0.889. The summed E-state index contributed by atoms with van der Waals surface area (Å²) in [6.07, 6.45) is 6.86. The van der Waals surface area contributed by atoms with Crippen LogP contribution < -0.4 is 0 Å². The van der Waals surface area contributed by atoms with Crippen LogP contribution in [0.5, 0.6) is 0 Å². The Balaban J connectivity index is 1.75. The third kappa shape index (κ3) is 2.23. The van der Waals surface area contributed by atoms with Gasteiger partial charge in [-0.2, -0.15) is 0 Å². The van der Waals surface area contributed by atoms with Gasteiger partial charge in [-0.3, -0.25) is 0 Å². The molecule has 1 nitrogen and oxygen atoms in total. The van der Waals surface area contributed by atoms with Gasteiger partial charge in [-0.15, -0.1) is 0 Å². The number of rotatable bonds is 1. The van der Waals surface area contributed by atoms with Crippen LogP contribution >= 0.6 is 0 Å². The molecule has 0 aromatic rings. The van der Waals surface area contributed by atoms with Gasteiger partial charge in [0.25, 0.3) is 0 Å². The van der Waals surface area contributed by atoms with Gasteiger partial charge in [0, 0.05) is 5.92 Å². The minimum Gasteiger partial charge on any atom is -0.497 e. The molecule has 2 bridgehead atoms. The molecule has 2 fully saturated rings. The Morgan fingerprint density at radius 1 is 1.11 bits per heavy atom. The first kappa shape index (κ1) is 13.5. The zero-order valence-electron chi connectivity index (χ0n) is 13.5. The van der Waals surface area contributed by atoms with Gasteiger partial charge in [0.15, 0.2) is 0 Å². The lowest BCUT2D eigenvalue weighted by Crippen LogP contribution is -2.35. The summed E-state index contributed by atoms with van der Waals surface area (Å²) in [4.78, 5) is 0. The SMILES string of the molecule is CC(C)(C)CC1CC2CC1C1OC=C(C(C)(C)C)C21. The maximum atomic E-state index is 6.13. The highest BCUT2D eigenvalue weighted by atomic mass is 16.5. The maximum Gasteiger partial charge on any atom is 0.108 e. The molecule has 0 aromatic carbocycles. The third-order valence-corrected chi connectivity index (χ3v) is 5.52. The Labute approximate surface area is 118 Å². The lowest BCUT2D eigenvalue weighted by molar-refractivity contribution is 0.0424. The van der Waals surface area contributed by atoms with Crippen LogP contribution in [0.2, 0.25) is 0 Å². The smallest absolute Gasteiger partial charge is 0.108 e. The van der Waals surface area contributed by atoms with E-state index in [9.17, 15) is 0 Å². The second-order valence-electron chi connectivity index (χ2n) is 9.37. The van der Waals surface area contributed by atoms with Crippen LogP contribution in [0, 0.1) is 34.5 Å². The van der Waals surface area contributed by atoms with E-state index in [1.54, 1.807) is 5.57 Å². The lowest BCUT2D eigenvalue weighted by atomic mass is 9.68. The first-order chi connectivity index (χ1) is 8.67. The first-order valence-corrected chi connectivity index (χ1v) is 8.03. The van der Waals surface area contributed by atoms with Gasteiger partial charge in [-0.1, -0.05) is 41.5 Å². The van der Waals surface area contributed by atoms with Crippen molar-refractivity contribution in [3.8, 4) is 0 Å². The van der Waals surface area contributed by atoms with Gasteiger partial charge in [0.2, 0.25) is 0 Å². The van der Waals surface area contributed by atoms with Crippen molar-refractivity contribution in [1.82, 2.24) is 0 Å². The molecule has 2 aliphatic carbocycles. The van der Waals surface area contributed by atoms with Gasteiger partial charge in [-0.05, 0) is 53.4 Å². The second-order valence-corrected chi connectivity index (χ2v) is 9.37. The van der Waals surface area contributed by atoms with Crippen LogP contribution in [0.15, 0.2) is 11.8 Å². The van der Waals surface area contributed by atoms with Crippen molar-refractivity contribution in [2.24, 2.45) is 34.5 Å². The molecule has 0 aromatic heterocycles. The fourth-order valence-electron chi connectivity index (χ4n) is 4.98. The normalized spacial score (nSPS) is 41.2. The predicted octanol–water partition coefficient (Wildman–Crippen LogP) is 5.02. The Kier molecular flexibility index (Phi) is 2.86. The summed E-state index contributed by atoms with van der Waals surface area (Å²) in [6.45, 7) is 14.1. The Morgan fingerprint density at radius 2 is 1.79 bits per heavy atom. The molecule has 1 heteroatoms. The first-order valence-electron chi connectivity index (χ1n) is 8.03. The number of hydrogen-bond donors (Lipinski definition) is 0. The zero-order valence-corrected chi connectivity index (χ0v) is 13.5. The molecule has 3 aliphatic rings. The summed E-state index contributed by atoms with van der Waals surface area (Å²) < 4.78 is 6.13. The summed E-state index contributed by atoms with van der Waals surface area (Å²) in [5.74, 6) is 3.36. The minimum atomic E-state index is 0.281. The average Bonchev–Trinajstić information content (AvgIpc) is 2.79. The van der Waals surface area contributed by atoms with Gasteiger partial charge in [-0.25, -0.2) is 0 Å². The van der Waals surface area contributed by atoms with E-state index in [-0.39, 0.29) is 5.41 Å². The summed E-state index contributed by atoms with van der Waals surface area (Å²) in [5, 5.41) is 0. The highest BCUT2D eigenvalue weighted by Crippen LogP contribution is 2.61. The van der Waals surface area contributed by atoms with Crippen LogP contribution in [0.1, 0.15) is 60.8 Å². The molecule has 108 valence electrons. The molecular formula is C18H30O. The van der Waals surface area contributed by atoms with Crippen molar-refractivity contribution in [3.05, 3.63) is 11.8 Å². The molecule has 1 aliphatic heterocycles. The predicted molar refractivity (Wildman–Crippen MR) is 79.7 cm³/mol. The van der Waals surface area contributed by atoms with Crippen LogP contribution in [-0.4, -0.2) is 6.10 Å². The monoisotopic (exact) mass is 262 g/mol. The molecule has 5 atom stereocenters. The van der Waals surface area contributed by atoms with Crippen LogP contribution in [0.4, 0.5) is 0 Å². The zero-order chi connectivity index (χ0) is 14.0. The lowest BCUT2D eigenvalue weighted by Gasteiger charge is -2.37. The second kappa shape index (κ2) is 4.02. The highest BCUT2D eigenvalue weighted by molar-refractivity contribution is 5.25. The van der Waals surface area contributed by atoms with E-state index >= 15 is 0 Å². The summed E-state index contributed by atoms with van der Waals surface area (Å²) in [5.41, 5.74) is 2.33. The van der Waals surface area contributed by atoms with E-state index in [2.05, 4.69) is 47.8 Å². The standard InChI is InChI=1S/C18H30O/c1-17(2,3)9-12-7-11-8-13(12)16-15(11)14(10-19-16)18(4,5)6/h10-13,15-16H,7-9H2,1-6H3. The van der Waals surface area contributed by atoms with Gasteiger partial charge in [0.05, 0.1) is 6.26 Å². The highest BCUT2D eigenvalue weighted by Gasteiger charge is 2.58.